The van der Waals surface area contributed by atoms with Crippen LogP contribution in [0.5, 0.6) is 0 Å². The largest absolute Gasteiger partial charge is 0.309 e. The summed E-state index contributed by atoms with van der Waals surface area (Å²) in [7, 11) is -2.70. The minimum Gasteiger partial charge on any atom is -0.309 e. The molecule has 0 saturated heterocycles. The van der Waals surface area contributed by atoms with E-state index >= 15 is 0 Å². The van der Waals surface area contributed by atoms with E-state index in [-0.39, 0.29) is 0 Å². The molecule has 0 aliphatic heterocycles. The van der Waals surface area contributed by atoms with Crippen molar-refractivity contribution in [2.45, 2.75) is 0 Å². The summed E-state index contributed by atoms with van der Waals surface area (Å²) in [4.78, 5) is 0. The number of hydrogen-bond donors (Lipinski definition) is 0. The van der Waals surface area contributed by atoms with E-state index in [2.05, 4.69) is 250 Å². The molecule has 0 spiro atoms. The second-order valence-electron chi connectivity index (χ2n) is 17.2. The number of rotatable bonds is 7. The van der Waals surface area contributed by atoms with Crippen molar-refractivity contribution in [1.82, 2.24) is 13.7 Å². The highest BCUT2D eigenvalue weighted by Crippen LogP contribution is 2.41. The lowest BCUT2D eigenvalue weighted by atomic mass is 10.1. The third-order valence-corrected chi connectivity index (χ3v) is 18.6. The Labute approximate surface area is 382 Å². The number of aromatic nitrogens is 3. The van der Waals surface area contributed by atoms with Crippen molar-refractivity contribution >= 4 is 94.2 Å². The first kappa shape index (κ1) is 37.8. The van der Waals surface area contributed by atoms with E-state index < -0.39 is 8.07 Å². The summed E-state index contributed by atoms with van der Waals surface area (Å²) in [5.74, 6) is 0. The molecular weight excluding hydrogens is 817 g/mol. The molecule has 0 amide bonds. The highest BCUT2D eigenvalue weighted by molar-refractivity contribution is 7.19. The molecule has 3 aromatic heterocycles. The maximum Gasteiger partial charge on any atom is 0.179 e. The maximum absolute atomic E-state index is 9.96. The van der Waals surface area contributed by atoms with Gasteiger partial charge >= 0.3 is 0 Å². The summed E-state index contributed by atoms with van der Waals surface area (Å²) in [5.41, 5.74) is 10.6. The summed E-state index contributed by atoms with van der Waals surface area (Å²) >= 11 is 0. The highest BCUT2D eigenvalue weighted by atomic mass is 28.3. The van der Waals surface area contributed by atoms with Crippen LogP contribution in [-0.4, -0.2) is 21.8 Å². The van der Waals surface area contributed by atoms with Gasteiger partial charge in [-0.05, 0) is 87.5 Å². The Bertz CT molecular complexity index is 3950. The topological polar surface area (TPSA) is 38.6 Å². The molecule has 0 N–H and O–H groups in total. The zero-order chi connectivity index (χ0) is 43.8. The molecule has 0 aliphatic carbocycles. The molecule has 13 aromatic rings. The van der Waals surface area contributed by atoms with E-state index in [0.29, 0.717) is 5.56 Å². The first-order chi connectivity index (χ1) is 32.7. The van der Waals surface area contributed by atoms with Crippen LogP contribution in [0.3, 0.4) is 0 Å². The number of nitrogens with zero attached hydrogens (tertiary/aromatic N) is 4. The molecule has 0 radical (unpaired) electrons. The summed E-state index contributed by atoms with van der Waals surface area (Å²) in [6.07, 6.45) is 0. The van der Waals surface area contributed by atoms with Gasteiger partial charge in [0.2, 0.25) is 0 Å². The molecule has 0 atom stereocenters. The van der Waals surface area contributed by atoms with E-state index in [1.54, 1.807) is 0 Å². The van der Waals surface area contributed by atoms with Crippen LogP contribution in [0.4, 0.5) is 0 Å². The average Bonchev–Trinajstić information content (AvgIpc) is 4.03. The molecular formula is C61H40N4Si. The van der Waals surface area contributed by atoms with Gasteiger partial charge in [-0.2, -0.15) is 5.26 Å². The van der Waals surface area contributed by atoms with Crippen molar-refractivity contribution in [3.8, 4) is 23.1 Å². The van der Waals surface area contributed by atoms with Crippen molar-refractivity contribution in [3.63, 3.8) is 0 Å². The Morgan fingerprint density at radius 1 is 0.303 bits per heavy atom. The normalized spacial score (nSPS) is 11.9. The van der Waals surface area contributed by atoms with E-state index in [4.69, 9.17) is 0 Å². The first-order valence-electron chi connectivity index (χ1n) is 22.5. The van der Waals surface area contributed by atoms with Crippen LogP contribution in [0.25, 0.3) is 82.5 Å². The molecule has 0 bridgehead atoms. The van der Waals surface area contributed by atoms with Crippen LogP contribution in [0.2, 0.25) is 0 Å². The Hall–Kier alpha value is -8.69. The smallest absolute Gasteiger partial charge is 0.179 e. The van der Waals surface area contributed by atoms with Crippen LogP contribution in [0.15, 0.2) is 243 Å². The van der Waals surface area contributed by atoms with E-state index in [0.717, 1.165) is 60.9 Å². The highest BCUT2D eigenvalue weighted by Gasteiger charge is 2.41. The fourth-order valence-electron chi connectivity index (χ4n) is 11.1. The van der Waals surface area contributed by atoms with Gasteiger partial charge in [0.1, 0.15) is 0 Å². The summed E-state index contributed by atoms with van der Waals surface area (Å²) < 4.78 is 7.22. The van der Waals surface area contributed by atoms with Crippen LogP contribution < -0.4 is 20.7 Å². The second-order valence-corrected chi connectivity index (χ2v) is 21.0. The molecule has 0 fully saturated rings. The van der Waals surface area contributed by atoms with Crippen LogP contribution >= 0.6 is 0 Å². The third-order valence-electron chi connectivity index (χ3n) is 13.8. The zero-order valence-corrected chi connectivity index (χ0v) is 36.9. The Kier molecular flexibility index (Phi) is 8.57. The van der Waals surface area contributed by atoms with Gasteiger partial charge in [0, 0.05) is 43.7 Å². The fraction of sp³-hybridized carbons (Fsp3) is 0. The molecule has 0 aliphatic rings. The summed E-state index contributed by atoms with van der Waals surface area (Å²) in [6, 6.07) is 90.9. The molecule has 10 aromatic carbocycles. The number of hydrogen-bond acceptors (Lipinski definition) is 1. The van der Waals surface area contributed by atoms with E-state index in [1.165, 1.54) is 42.3 Å². The Balaban J connectivity index is 1.04. The van der Waals surface area contributed by atoms with Crippen LogP contribution in [0.1, 0.15) is 5.56 Å². The SMILES string of the molecule is N#Cc1ccc2c3ccccc3n(-c3ccc4c5ccccc5n(-c5cccc6c5c5ccccc5n6-c5ccc([Si](c6ccccc6)(c6ccccc6)c6ccccc6)cc5)c4c3)c2c1. The van der Waals surface area contributed by atoms with Gasteiger partial charge in [-0.3, -0.25) is 0 Å². The average molecular weight is 857 g/mol. The lowest BCUT2D eigenvalue weighted by molar-refractivity contribution is 1.16. The molecule has 13 rings (SSSR count). The van der Waals surface area contributed by atoms with Crippen molar-refractivity contribution in [2.75, 3.05) is 0 Å². The monoisotopic (exact) mass is 856 g/mol. The van der Waals surface area contributed by atoms with Crippen LogP contribution in [-0.2, 0) is 0 Å². The Morgan fingerprint density at radius 2 is 0.727 bits per heavy atom. The molecule has 3 heterocycles. The van der Waals surface area contributed by atoms with Crippen molar-refractivity contribution in [2.24, 2.45) is 0 Å². The van der Waals surface area contributed by atoms with Crippen molar-refractivity contribution < 1.29 is 0 Å². The second kappa shape index (κ2) is 15.0. The molecule has 5 heteroatoms. The zero-order valence-electron chi connectivity index (χ0n) is 35.9. The van der Waals surface area contributed by atoms with Gasteiger partial charge < -0.3 is 13.7 Å². The maximum atomic E-state index is 9.96. The fourth-order valence-corrected chi connectivity index (χ4v) is 15.8. The van der Waals surface area contributed by atoms with Crippen molar-refractivity contribution in [1.29, 1.82) is 5.26 Å². The van der Waals surface area contributed by atoms with E-state index in [9.17, 15) is 5.26 Å². The predicted octanol–water partition coefficient (Wildman–Crippen LogP) is 12.2. The minimum absolute atomic E-state index is 0.643. The van der Waals surface area contributed by atoms with Gasteiger partial charge in [0.15, 0.2) is 8.07 Å². The standard InChI is InChI=1S/C61H40N4Si/c62-41-42-31-37-51-49-23-10-13-26-54(49)64(59(51)39-42)44-34-38-52-50-24-11-14-27-55(50)65(60(52)40-44)58-30-16-29-57-61(58)53-25-12-15-28-56(53)63(57)43-32-35-48(36-33-43)66(45-17-4-1-5-18-45,46-19-6-2-7-20-46)47-21-8-3-9-22-47/h1-40H. The predicted molar refractivity (Wildman–Crippen MR) is 278 cm³/mol. The summed E-state index contributed by atoms with van der Waals surface area (Å²) in [5, 5.41) is 22.4. The Morgan fingerprint density at radius 3 is 1.32 bits per heavy atom. The van der Waals surface area contributed by atoms with Gasteiger partial charge in [-0.15, -0.1) is 0 Å². The minimum atomic E-state index is -2.70. The third kappa shape index (κ3) is 5.49. The lowest BCUT2D eigenvalue weighted by Crippen LogP contribution is -2.74. The number of nitriles is 1. The van der Waals surface area contributed by atoms with Gasteiger partial charge in [0.05, 0.1) is 50.4 Å². The molecule has 4 nitrogen and oxygen atoms in total. The van der Waals surface area contributed by atoms with Crippen molar-refractivity contribution in [3.05, 3.63) is 248 Å². The first-order valence-corrected chi connectivity index (χ1v) is 24.5. The lowest BCUT2D eigenvalue weighted by Gasteiger charge is -2.34. The number of benzene rings is 10. The van der Waals surface area contributed by atoms with Gasteiger partial charge in [-0.1, -0.05) is 176 Å². The van der Waals surface area contributed by atoms with Gasteiger partial charge in [-0.25, -0.2) is 0 Å². The molecule has 308 valence electrons. The molecule has 66 heavy (non-hydrogen) atoms. The molecule has 0 unspecified atom stereocenters. The quantitative estimate of drug-likeness (QED) is 0.116. The summed E-state index contributed by atoms with van der Waals surface area (Å²) in [6.45, 7) is 0. The van der Waals surface area contributed by atoms with Crippen LogP contribution in [0, 0.1) is 11.3 Å². The van der Waals surface area contributed by atoms with E-state index in [1.807, 2.05) is 12.1 Å². The number of fused-ring (bicyclic) bond motifs is 9. The number of para-hydroxylation sites is 3. The van der Waals surface area contributed by atoms with Gasteiger partial charge in [0.25, 0.3) is 0 Å². The molecule has 0 saturated carbocycles.